The minimum absolute atomic E-state index is 0.00173. The number of hydrogen-bond acceptors (Lipinski definition) is 6. The Morgan fingerprint density at radius 2 is 2.07 bits per heavy atom. The van der Waals surface area contributed by atoms with Crippen LogP contribution in [0.5, 0.6) is 0 Å². The predicted molar refractivity (Wildman–Crippen MR) is 123 cm³/mol. The second-order valence-corrected chi connectivity index (χ2v) is 9.79. The van der Waals surface area contributed by atoms with Crippen molar-refractivity contribution in [3.63, 3.8) is 0 Å². The molecular formula is C23H26N2O3S2. The number of carbonyl (C=O) groups is 1. The number of ether oxygens (including phenoxy) is 1. The van der Waals surface area contributed by atoms with Crippen LogP contribution in [0, 0.1) is 13.8 Å². The van der Waals surface area contributed by atoms with Crippen LogP contribution in [-0.2, 0) is 24.1 Å². The van der Waals surface area contributed by atoms with Crippen molar-refractivity contribution in [2.45, 2.75) is 51.2 Å². The van der Waals surface area contributed by atoms with Crippen molar-refractivity contribution < 1.29 is 9.53 Å². The van der Waals surface area contributed by atoms with Gasteiger partial charge in [-0.2, -0.15) is 0 Å². The molecular weight excluding hydrogens is 416 g/mol. The molecule has 5 nitrogen and oxygen atoms in total. The summed E-state index contributed by atoms with van der Waals surface area (Å²) in [6, 6.07) is 5.91. The van der Waals surface area contributed by atoms with E-state index in [1.165, 1.54) is 28.6 Å². The van der Waals surface area contributed by atoms with Crippen molar-refractivity contribution in [2.75, 3.05) is 19.5 Å². The highest BCUT2D eigenvalue weighted by Crippen LogP contribution is 2.34. The van der Waals surface area contributed by atoms with Crippen LogP contribution in [-0.4, -0.2) is 34.8 Å². The lowest BCUT2D eigenvalue weighted by Gasteiger charge is -2.13. The van der Waals surface area contributed by atoms with Crippen molar-refractivity contribution in [2.24, 2.45) is 0 Å². The molecule has 0 radical (unpaired) electrons. The molecule has 0 saturated carbocycles. The molecule has 1 aliphatic rings. The third kappa shape index (κ3) is 4.11. The van der Waals surface area contributed by atoms with Crippen LogP contribution in [0.3, 0.4) is 0 Å². The third-order valence-corrected chi connectivity index (χ3v) is 7.75. The smallest absolute Gasteiger partial charge is 0.263 e. The molecule has 2 heterocycles. The van der Waals surface area contributed by atoms with E-state index in [2.05, 4.69) is 0 Å². The largest absolute Gasteiger partial charge is 0.383 e. The number of thioether (sulfide) groups is 1. The third-order valence-electron chi connectivity index (χ3n) is 5.58. The zero-order chi connectivity index (χ0) is 21.3. The fraction of sp³-hybridized carbons (Fsp3) is 0.435. The maximum absolute atomic E-state index is 13.4. The first kappa shape index (κ1) is 21.3. The Hall–Kier alpha value is -1.96. The predicted octanol–water partition coefficient (Wildman–Crippen LogP) is 4.58. The second-order valence-electron chi connectivity index (χ2n) is 7.77. The molecule has 0 bridgehead atoms. The van der Waals surface area contributed by atoms with E-state index >= 15 is 0 Å². The molecule has 0 amide bonds. The summed E-state index contributed by atoms with van der Waals surface area (Å²) in [5, 5.41) is 1.37. The van der Waals surface area contributed by atoms with Gasteiger partial charge in [0.05, 0.1) is 24.3 Å². The Morgan fingerprint density at radius 1 is 1.27 bits per heavy atom. The quantitative estimate of drug-likeness (QED) is 0.305. The summed E-state index contributed by atoms with van der Waals surface area (Å²) in [6.45, 7) is 4.80. The summed E-state index contributed by atoms with van der Waals surface area (Å²) in [5.74, 6) is 0.305. The number of hydrogen-bond donors (Lipinski definition) is 0. The molecule has 0 unspecified atom stereocenters. The average Bonchev–Trinajstić information content (AvgIpc) is 3.11. The van der Waals surface area contributed by atoms with Gasteiger partial charge in [-0.3, -0.25) is 14.2 Å². The second kappa shape index (κ2) is 9.04. The number of carbonyl (C=O) groups excluding carboxylic acids is 1. The van der Waals surface area contributed by atoms with Gasteiger partial charge in [0.2, 0.25) is 0 Å². The summed E-state index contributed by atoms with van der Waals surface area (Å²) < 4.78 is 6.91. The Balaban J connectivity index is 1.69. The normalized spacial score (nSPS) is 13.6. The SMILES string of the molecule is COCCn1c(SCC(=O)c2cc(C)ccc2C)nc2sc3c(c2c1=O)CCCC3. The number of rotatable bonds is 7. The number of nitrogens with zero attached hydrogens (tertiary/aromatic N) is 2. The number of aromatic nitrogens is 2. The van der Waals surface area contributed by atoms with Crippen LogP contribution in [0.25, 0.3) is 10.2 Å². The molecule has 1 aromatic carbocycles. The standard InChI is InChI=1S/C23H26N2O3S2/c1-14-8-9-15(2)17(12-14)18(26)13-29-23-24-21-20(22(27)25(23)10-11-28-3)16-6-4-5-7-19(16)30-21/h8-9,12H,4-7,10-11,13H2,1-3H3. The van der Waals surface area contributed by atoms with Crippen LogP contribution in [0.15, 0.2) is 28.2 Å². The molecule has 4 rings (SSSR count). The molecule has 0 N–H and O–H groups in total. The number of ketones is 1. The number of benzene rings is 1. The lowest BCUT2D eigenvalue weighted by Crippen LogP contribution is -2.26. The van der Waals surface area contributed by atoms with Crippen molar-refractivity contribution >= 4 is 39.1 Å². The van der Waals surface area contributed by atoms with E-state index in [4.69, 9.17) is 9.72 Å². The number of thiophene rings is 1. The van der Waals surface area contributed by atoms with Crippen molar-refractivity contribution in [1.29, 1.82) is 0 Å². The summed E-state index contributed by atoms with van der Waals surface area (Å²) in [4.78, 5) is 33.2. The number of methoxy groups -OCH3 is 1. The van der Waals surface area contributed by atoms with E-state index in [0.29, 0.717) is 18.3 Å². The zero-order valence-corrected chi connectivity index (χ0v) is 19.3. The molecule has 0 atom stereocenters. The highest BCUT2D eigenvalue weighted by Gasteiger charge is 2.22. The van der Waals surface area contributed by atoms with Crippen LogP contribution >= 0.6 is 23.1 Å². The molecule has 158 valence electrons. The highest BCUT2D eigenvalue weighted by molar-refractivity contribution is 7.99. The minimum atomic E-state index is -0.00173. The van der Waals surface area contributed by atoms with Gasteiger partial charge in [0.25, 0.3) is 5.56 Å². The van der Waals surface area contributed by atoms with Gasteiger partial charge in [0.1, 0.15) is 4.83 Å². The van der Waals surface area contributed by atoms with Gasteiger partial charge in [-0.25, -0.2) is 4.98 Å². The monoisotopic (exact) mass is 442 g/mol. The highest BCUT2D eigenvalue weighted by atomic mass is 32.2. The van der Waals surface area contributed by atoms with Crippen LogP contribution in [0.1, 0.15) is 44.8 Å². The average molecular weight is 443 g/mol. The topological polar surface area (TPSA) is 61.2 Å². The first-order chi connectivity index (χ1) is 14.5. The van der Waals surface area contributed by atoms with Crippen LogP contribution in [0.2, 0.25) is 0 Å². The van der Waals surface area contributed by atoms with Crippen LogP contribution < -0.4 is 5.56 Å². The molecule has 7 heteroatoms. The Kier molecular flexibility index (Phi) is 6.41. The van der Waals surface area contributed by atoms with E-state index < -0.39 is 0 Å². The van der Waals surface area contributed by atoms with Crippen molar-refractivity contribution in [1.82, 2.24) is 9.55 Å². The lowest BCUT2D eigenvalue weighted by atomic mass is 9.97. The van der Waals surface area contributed by atoms with Crippen molar-refractivity contribution in [3.05, 3.63) is 55.7 Å². The molecule has 0 aliphatic heterocycles. The molecule has 0 saturated heterocycles. The number of fused-ring (bicyclic) bond motifs is 3. The first-order valence-electron chi connectivity index (χ1n) is 10.3. The maximum atomic E-state index is 13.4. The molecule has 30 heavy (non-hydrogen) atoms. The fourth-order valence-electron chi connectivity index (χ4n) is 3.95. The van der Waals surface area contributed by atoms with E-state index in [9.17, 15) is 9.59 Å². The number of Topliss-reactive ketones (excluding diaryl/α,β-unsaturated/α-hetero) is 1. The van der Waals surface area contributed by atoms with Gasteiger partial charge in [0, 0.05) is 17.6 Å². The summed E-state index contributed by atoms with van der Waals surface area (Å²) >= 11 is 2.99. The summed E-state index contributed by atoms with van der Waals surface area (Å²) in [6.07, 6.45) is 4.27. The van der Waals surface area contributed by atoms with Gasteiger partial charge < -0.3 is 4.74 Å². The Morgan fingerprint density at radius 3 is 2.87 bits per heavy atom. The molecule has 0 spiro atoms. The van der Waals surface area contributed by atoms with Crippen LogP contribution in [0.4, 0.5) is 0 Å². The van der Waals surface area contributed by atoms with E-state index in [-0.39, 0.29) is 17.1 Å². The number of aryl methyl sites for hydroxylation is 4. The van der Waals surface area contributed by atoms with E-state index in [1.807, 2.05) is 32.0 Å². The van der Waals surface area contributed by atoms with Gasteiger partial charge in [-0.15, -0.1) is 11.3 Å². The van der Waals surface area contributed by atoms with Gasteiger partial charge in [-0.1, -0.05) is 29.5 Å². The lowest BCUT2D eigenvalue weighted by molar-refractivity contribution is 0.102. The molecule has 3 aromatic rings. The fourth-order valence-corrected chi connectivity index (χ4v) is 6.17. The minimum Gasteiger partial charge on any atom is -0.383 e. The zero-order valence-electron chi connectivity index (χ0n) is 17.6. The van der Waals surface area contributed by atoms with Gasteiger partial charge >= 0.3 is 0 Å². The van der Waals surface area contributed by atoms with Gasteiger partial charge in [-0.05, 0) is 56.7 Å². The molecule has 1 aliphatic carbocycles. The summed E-state index contributed by atoms with van der Waals surface area (Å²) in [7, 11) is 1.63. The van der Waals surface area contributed by atoms with E-state index in [1.54, 1.807) is 23.0 Å². The van der Waals surface area contributed by atoms with E-state index in [0.717, 1.165) is 46.2 Å². The summed E-state index contributed by atoms with van der Waals surface area (Å²) in [5.41, 5.74) is 3.96. The Labute approximate surface area is 184 Å². The Bertz CT molecular complexity index is 1160. The molecule has 2 aromatic heterocycles. The van der Waals surface area contributed by atoms with Gasteiger partial charge in [0.15, 0.2) is 10.9 Å². The first-order valence-corrected chi connectivity index (χ1v) is 12.1. The maximum Gasteiger partial charge on any atom is 0.263 e. The molecule has 0 fully saturated rings. The van der Waals surface area contributed by atoms with Crippen molar-refractivity contribution in [3.8, 4) is 0 Å².